The fourth-order valence-corrected chi connectivity index (χ4v) is 5.21. The maximum absolute atomic E-state index is 15.0. The lowest BCUT2D eigenvalue weighted by molar-refractivity contribution is -0.206. The summed E-state index contributed by atoms with van der Waals surface area (Å²) in [4.78, 5) is 0. The van der Waals surface area contributed by atoms with Gasteiger partial charge >= 0.3 is 6.11 Å². The van der Waals surface area contributed by atoms with Gasteiger partial charge in [-0.05, 0) is 66.9 Å². The van der Waals surface area contributed by atoms with Crippen molar-refractivity contribution in [1.82, 2.24) is 0 Å². The number of unbranched alkanes of at least 4 members (excludes halogenated alkanes) is 2. The zero-order chi connectivity index (χ0) is 32.3. The molecule has 1 aliphatic heterocycles. The van der Waals surface area contributed by atoms with Gasteiger partial charge in [0.1, 0.15) is 34.8 Å². The highest BCUT2D eigenvalue weighted by atomic mass is 19.3. The highest BCUT2D eigenvalue weighted by Gasteiger charge is 2.38. The molecule has 0 bridgehead atoms. The van der Waals surface area contributed by atoms with Gasteiger partial charge in [0.2, 0.25) is 0 Å². The molecule has 0 atom stereocenters. The summed E-state index contributed by atoms with van der Waals surface area (Å²) in [5.74, 6) is -5.22. The van der Waals surface area contributed by atoms with Crippen molar-refractivity contribution in [2.75, 3.05) is 13.2 Å². The summed E-state index contributed by atoms with van der Waals surface area (Å²) in [6.45, 7) is 4.20. The molecule has 4 aromatic carbocycles. The van der Waals surface area contributed by atoms with Crippen LogP contribution in [0.25, 0.3) is 22.3 Å². The number of alkyl halides is 2. The summed E-state index contributed by atoms with van der Waals surface area (Å²) in [7, 11) is 0. The molecule has 0 saturated carbocycles. The standard InChI is InChI=1S/C35H31F7O3/c1-3-4-5-6-21-18-43-34(44-19-21)23-8-12-28(33(40)14-23)35(41,42)45-25-9-11-26(32(39)17-25)22-7-10-27(31(38)13-22)24-15-29(36)20(2)30(37)16-24/h7-17,21,34H,3-6,18-19H2,1-2H3. The second-order valence-electron chi connectivity index (χ2n) is 11.1. The Morgan fingerprint density at radius 3 is 1.96 bits per heavy atom. The number of hydrogen-bond donors (Lipinski definition) is 0. The van der Waals surface area contributed by atoms with Crippen molar-refractivity contribution in [3.8, 4) is 28.0 Å². The molecule has 1 saturated heterocycles. The molecule has 4 aromatic rings. The Bertz CT molecular complexity index is 1640. The molecule has 0 aliphatic carbocycles. The average Bonchev–Trinajstić information content (AvgIpc) is 3.00. The Balaban J connectivity index is 1.27. The molecule has 10 heteroatoms. The van der Waals surface area contributed by atoms with Crippen molar-refractivity contribution in [2.45, 2.75) is 51.9 Å². The SMILES string of the molecule is CCCCCC1COC(c2ccc(C(F)(F)Oc3ccc(-c4ccc(-c5cc(F)c(C)c(F)c5)c(F)c4)c(F)c3)c(F)c2)OC1. The van der Waals surface area contributed by atoms with Crippen LogP contribution < -0.4 is 4.74 Å². The summed E-state index contributed by atoms with van der Waals surface area (Å²) >= 11 is 0. The first-order chi connectivity index (χ1) is 21.5. The maximum atomic E-state index is 15.0. The Morgan fingerprint density at radius 1 is 0.711 bits per heavy atom. The van der Waals surface area contributed by atoms with E-state index >= 15 is 13.2 Å². The molecule has 1 fully saturated rings. The van der Waals surface area contributed by atoms with Crippen LogP contribution in [0.5, 0.6) is 5.75 Å². The molecule has 5 rings (SSSR count). The molecule has 0 amide bonds. The molecule has 238 valence electrons. The molecular weight excluding hydrogens is 601 g/mol. The summed E-state index contributed by atoms with van der Waals surface area (Å²) in [6.07, 6.45) is -0.849. The minimum absolute atomic E-state index is 0.0428. The fourth-order valence-electron chi connectivity index (χ4n) is 5.21. The number of rotatable bonds is 10. The van der Waals surface area contributed by atoms with Gasteiger partial charge in [0.15, 0.2) is 6.29 Å². The van der Waals surface area contributed by atoms with Crippen LogP contribution in [-0.2, 0) is 15.6 Å². The quantitative estimate of drug-likeness (QED) is 0.129. The van der Waals surface area contributed by atoms with Crippen molar-refractivity contribution >= 4 is 0 Å². The van der Waals surface area contributed by atoms with Crippen LogP contribution >= 0.6 is 0 Å². The molecule has 1 aliphatic rings. The van der Waals surface area contributed by atoms with Crippen LogP contribution in [0.3, 0.4) is 0 Å². The van der Waals surface area contributed by atoms with Gasteiger partial charge < -0.3 is 14.2 Å². The third-order valence-corrected chi connectivity index (χ3v) is 7.82. The highest BCUT2D eigenvalue weighted by Crippen LogP contribution is 2.38. The molecule has 3 nitrogen and oxygen atoms in total. The van der Waals surface area contributed by atoms with Gasteiger partial charge in [0.05, 0.1) is 18.8 Å². The Morgan fingerprint density at radius 2 is 1.33 bits per heavy atom. The number of benzene rings is 4. The molecule has 0 radical (unpaired) electrons. The lowest BCUT2D eigenvalue weighted by atomic mass is 9.98. The van der Waals surface area contributed by atoms with Gasteiger partial charge in [-0.2, -0.15) is 8.78 Å². The third kappa shape index (κ3) is 7.34. The van der Waals surface area contributed by atoms with Crippen molar-refractivity contribution in [3.05, 3.63) is 113 Å². The molecule has 0 spiro atoms. The summed E-state index contributed by atoms with van der Waals surface area (Å²) in [5, 5.41) is 0. The third-order valence-electron chi connectivity index (χ3n) is 7.82. The van der Waals surface area contributed by atoms with Crippen LogP contribution in [0, 0.1) is 41.9 Å². The van der Waals surface area contributed by atoms with Crippen LogP contribution in [0.4, 0.5) is 30.7 Å². The van der Waals surface area contributed by atoms with E-state index in [9.17, 15) is 17.6 Å². The zero-order valence-corrected chi connectivity index (χ0v) is 24.6. The van der Waals surface area contributed by atoms with Gasteiger partial charge in [0, 0.05) is 34.2 Å². The van der Waals surface area contributed by atoms with Gasteiger partial charge in [-0.1, -0.05) is 44.4 Å². The Hall–Kier alpha value is -3.89. The highest BCUT2D eigenvalue weighted by molar-refractivity contribution is 5.72. The molecular formula is C35H31F7O3. The lowest BCUT2D eigenvalue weighted by Gasteiger charge is -2.30. The molecule has 1 heterocycles. The minimum Gasteiger partial charge on any atom is -0.429 e. The van der Waals surface area contributed by atoms with Crippen LogP contribution in [-0.4, -0.2) is 13.2 Å². The Labute approximate surface area is 256 Å². The fraction of sp³-hybridized carbons (Fsp3) is 0.314. The first-order valence-corrected chi connectivity index (χ1v) is 14.6. The largest absolute Gasteiger partial charge is 0.429 e. The number of halogens is 7. The second-order valence-corrected chi connectivity index (χ2v) is 11.1. The molecule has 45 heavy (non-hydrogen) atoms. The van der Waals surface area contributed by atoms with E-state index in [4.69, 9.17) is 14.2 Å². The summed E-state index contributed by atoms with van der Waals surface area (Å²) in [6, 6.07) is 11.3. The van der Waals surface area contributed by atoms with Crippen molar-refractivity contribution in [2.24, 2.45) is 5.92 Å². The normalized spacial score (nSPS) is 17.0. The van der Waals surface area contributed by atoms with E-state index in [2.05, 4.69) is 6.92 Å². The predicted molar refractivity (Wildman–Crippen MR) is 155 cm³/mol. The average molecular weight is 633 g/mol. The number of ether oxygens (including phenoxy) is 3. The summed E-state index contributed by atoms with van der Waals surface area (Å²) < 4.78 is 119. The maximum Gasteiger partial charge on any atom is 0.429 e. The molecule has 0 aromatic heterocycles. The predicted octanol–water partition coefficient (Wildman–Crippen LogP) is 10.4. The Kier molecular flexibility index (Phi) is 9.84. The van der Waals surface area contributed by atoms with E-state index in [1.807, 2.05) is 0 Å². The van der Waals surface area contributed by atoms with Crippen LogP contribution in [0.15, 0.2) is 66.7 Å². The van der Waals surface area contributed by atoms with Crippen LogP contribution in [0.1, 0.15) is 55.6 Å². The first kappa shape index (κ1) is 32.5. The molecule has 0 unspecified atom stereocenters. The summed E-state index contributed by atoms with van der Waals surface area (Å²) in [5.41, 5.74) is -1.29. The van der Waals surface area contributed by atoms with Gasteiger partial charge in [-0.3, -0.25) is 0 Å². The zero-order valence-electron chi connectivity index (χ0n) is 24.6. The van der Waals surface area contributed by atoms with Crippen molar-refractivity contribution in [3.63, 3.8) is 0 Å². The van der Waals surface area contributed by atoms with Crippen LogP contribution in [0.2, 0.25) is 0 Å². The van der Waals surface area contributed by atoms with Gasteiger partial charge in [0.25, 0.3) is 0 Å². The van der Waals surface area contributed by atoms with E-state index in [1.165, 1.54) is 25.1 Å². The number of hydrogen-bond acceptors (Lipinski definition) is 3. The van der Waals surface area contributed by atoms with Gasteiger partial charge in [-0.25, -0.2) is 22.0 Å². The monoisotopic (exact) mass is 632 g/mol. The topological polar surface area (TPSA) is 27.7 Å². The molecule has 0 N–H and O–H groups in total. The second kappa shape index (κ2) is 13.6. The van der Waals surface area contributed by atoms with E-state index in [-0.39, 0.29) is 39.3 Å². The van der Waals surface area contributed by atoms with Gasteiger partial charge in [-0.15, -0.1) is 0 Å². The minimum atomic E-state index is -4.17. The van der Waals surface area contributed by atoms with E-state index < -0.39 is 52.8 Å². The van der Waals surface area contributed by atoms with E-state index in [0.717, 1.165) is 68.1 Å². The smallest absolute Gasteiger partial charge is 0.429 e. The van der Waals surface area contributed by atoms with Crippen molar-refractivity contribution < 1.29 is 44.9 Å². The first-order valence-electron chi connectivity index (χ1n) is 14.6. The lowest BCUT2D eigenvalue weighted by Crippen LogP contribution is -2.27. The van der Waals surface area contributed by atoms with Crippen molar-refractivity contribution in [1.29, 1.82) is 0 Å². The van der Waals surface area contributed by atoms with E-state index in [1.54, 1.807) is 0 Å². The van der Waals surface area contributed by atoms with E-state index in [0.29, 0.717) is 19.3 Å².